The number of carbonyl (C=O) groups excluding carboxylic acids is 1. The molecule has 0 radical (unpaired) electrons. The first kappa shape index (κ1) is 16.3. The molecule has 1 fully saturated rings. The van der Waals surface area contributed by atoms with Crippen molar-refractivity contribution in [3.05, 3.63) is 48.2 Å². The molecule has 1 amide bonds. The van der Waals surface area contributed by atoms with Crippen molar-refractivity contribution >= 4 is 22.5 Å². The third-order valence-electron chi connectivity index (χ3n) is 4.87. The standard InChI is InChI=1S/C20H20N4O2/c1-26-14-8-2-5-12(11-14)15-9-4-10-16-17(21)19(24-23-18(15)16)20(25)22-13-6-3-7-13/h2,4-5,8-11,13H,3,6-7H2,1H3,(H2,21,23)(H,22,25). The maximum Gasteiger partial charge on any atom is 0.274 e. The highest BCUT2D eigenvalue weighted by molar-refractivity contribution is 6.07. The number of hydrogen-bond donors (Lipinski definition) is 2. The molecule has 0 atom stereocenters. The molecule has 1 aliphatic rings. The Balaban J connectivity index is 1.77. The summed E-state index contributed by atoms with van der Waals surface area (Å²) in [5.74, 6) is 0.505. The first-order chi connectivity index (χ1) is 12.7. The third kappa shape index (κ3) is 2.83. The molecule has 132 valence electrons. The van der Waals surface area contributed by atoms with Crippen LogP contribution < -0.4 is 15.8 Å². The van der Waals surface area contributed by atoms with E-state index in [0.29, 0.717) is 11.2 Å². The quantitative estimate of drug-likeness (QED) is 0.756. The largest absolute Gasteiger partial charge is 0.497 e. The molecule has 3 N–H and O–H groups in total. The molecule has 0 unspecified atom stereocenters. The Bertz CT molecular complexity index is 983. The van der Waals surface area contributed by atoms with Crippen molar-refractivity contribution in [2.24, 2.45) is 0 Å². The van der Waals surface area contributed by atoms with Gasteiger partial charge in [0.2, 0.25) is 0 Å². The van der Waals surface area contributed by atoms with E-state index in [1.807, 2.05) is 42.5 Å². The summed E-state index contributed by atoms with van der Waals surface area (Å²) < 4.78 is 5.30. The third-order valence-corrected chi connectivity index (χ3v) is 4.87. The molecule has 0 saturated heterocycles. The van der Waals surface area contributed by atoms with E-state index >= 15 is 0 Å². The van der Waals surface area contributed by atoms with E-state index in [1.165, 1.54) is 0 Å². The van der Waals surface area contributed by atoms with E-state index in [-0.39, 0.29) is 17.6 Å². The fourth-order valence-corrected chi connectivity index (χ4v) is 3.15. The van der Waals surface area contributed by atoms with Gasteiger partial charge in [-0.05, 0) is 37.0 Å². The summed E-state index contributed by atoms with van der Waals surface area (Å²) in [5, 5.41) is 12.1. The average molecular weight is 348 g/mol. The minimum atomic E-state index is -0.256. The second kappa shape index (κ2) is 6.63. The second-order valence-electron chi connectivity index (χ2n) is 6.50. The summed E-state index contributed by atoms with van der Waals surface area (Å²) in [6.07, 6.45) is 3.16. The molecule has 6 heteroatoms. The van der Waals surface area contributed by atoms with Crippen LogP contribution >= 0.6 is 0 Å². The highest BCUT2D eigenvalue weighted by Crippen LogP contribution is 2.32. The van der Waals surface area contributed by atoms with E-state index in [4.69, 9.17) is 10.5 Å². The van der Waals surface area contributed by atoms with Crippen molar-refractivity contribution in [1.29, 1.82) is 0 Å². The van der Waals surface area contributed by atoms with Gasteiger partial charge in [0.05, 0.1) is 12.8 Å². The van der Waals surface area contributed by atoms with Crippen molar-refractivity contribution in [1.82, 2.24) is 15.5 Å². The van der Waals surface area contributed by atoms with Crippen LogP contribution in [-0.4, -0.2) is 29.3 Å². The van der Waals surface area contributed by atoms with Crippen molar-refractivity contribution in [2.75, 3.05) is 12.8 Å². The summed E-state index contributed by atoms with van der Waals surface area (Å²) in [6.45, 7) is 0. The molecule has 6 nitrogen and oxygen atoms in total. The number of carbonyl (C=O) groups is 1. The maximum absolute atomic E-state index is 12.4. The van der Waals surface area contributed by atoms with E-state index in [2.05, 4.69) is 15.5 Å². The first-order valence-electron chi connectivity index (χ1n) is 8.67. The van der Waals surface area contributed by atoms with Crippen LogP contribution in [0.1, 0.15) is 29.8 Å². The summed E-state index contributed by atoms with van der Waals surface area (Å²) >= 11 is 0. The van der Waals surface area contributed by atoms with Gasteiger partial charge in [-0.1, -0.05) is 30.3 Å². The highest BCUT2D eigenvalue weighted by Gasteiger charge is 2.23. The van der Waals surface area contributed by atoms with Gasteiger partial charge in [0.25, 0.3) is 5.91 Å². The van der Waals surface area contributed by atoms with Gasteiger partial charge in [0.15, 0.2) is 5.69 Å². The molecule has 0 aliphatic heterocycles. The smallest absolute Gasteiger partial charge is 0.274 e. The lowest BCUT2D eigenvalue weighted by Crippen LogP contribution is -2.40. The Morgan fingerprint density at radius 2 is 2.00 bits per heavy atom. The van der Waals surface area contributed by atoms with Crippen LogP contribution in [0.4, 0.5) is 5.69 Å². The van der Waals surface area contributed by atoms with Gasteiger partial charge in [0, 0.05) is 17.0 Å². The zero-order chi connectivity index (χ0) is 18.1. The summed E-state index contributed by atoms with van der Waals surface area (Å²) in [5.41, 5.74) is 9.33. The molecule has 1 aliphatic carbocycles. The normalized spacial score (nSPS) is 14.0. The van der Waals surface area contributed by atoms with Crippen LogP contribution in [0.15, 0.2) is 42.5 Å². The van der Waals surface area contributed by atoms with Gasteiger partial charge in [0.1, 0.15) is 11.3 Å². The zero-order valence-corrected chi connectivity index (χ0v) is 14.5. The second-order valence-corrected chi connectivity index (χ2v) is 6.50. The van der Waals surface area contributed by atoms with E-state index in [1.54, 1.807) is 7.11 Å². The lowest BCUT2D eigenvalue weighted by Gasteiger charge is -2.26. The van der Waals surface area contributed by atoms with Crippen LogP contribution in [0.2, 0.25) is 0 Å². The maximum atomic E-state index is 12.4. The highest BCUT2D eigenvalue weighted by atomic mass is 16.5. The number of benzene rings is 2. The van der Waals surface area contributed by atoms with E-state index in [0.717, 1.165) is 41.5 Å². The minimum absolute atomic E-state index is 0.187. The number of anilines is 1. The predicted molar refractivity (Wildman–Crippen MR) is 101 cm³/mol. The summed E-state index contributed by atoms with van der Waals surface area (Å²) in [6, 6.07) is 13.7. The molecule has 3 aromatic rings. The van der Waals surface area contributed by atoms with Gasteiger partial charge in [-0.15, -0.1) is 10.2 Å². The lowest BCUT2D eigenvalue weighted by atomic mass is 9.93. The van der Waals surface area contributed by atoms with Crippen molar-refractivity contribution < 1.29 is 9.53 Å². The summed E-state index contributed by atoms with van der Waals surface area (Å²) in [4.78, 5) is 12.4. The minimum Gasteiger partial charge on any atom is -0.497 e. The predicted octanol–water partition coefficient (Wildman–Crippen LogP) is 3.17. The average Bonchev–Trinajstić information content (AvgIpc) is 2.64. The van der Waals surface area contributed by atoms with Crippen LogP contribution in [0.5, 0.6) is 5.75 Å². The number of nitrogens with one attached hydrogen (secondary N) is 1. The fourth-order valence-electron chi connectivity index (χ4n) is 3.15. The molecular formula is C20H20N4O2. The molecule has 1 heterocycles. The van der Waals surface area contributed by atoms with Crippen LogP contribution in [0.25, 0.3) is 22.0 Å². The number of rotatable bonds is 4. The fraction of sp³-hybridized carbons (Fsp3) is 0.250. The molecule has 0 spiro atoms. The van der Waals surface area contributed by atoms with Crippen molar-refractivity contribution in [3.63, 3.8) is 0 Å². The SMILES string of the molecule is COc1cccc(-c2cccc3c(N)c(C(=O)NC4CCC4)nnc23)c1. The number of ether oxygens (including phenoxy) is 1. The van der Waals surface area contributed by atoms with Gasteiger partial charge in [-0.2, -0.15) is 0 Å². The number of hydrogen-bond acceptors (Lipinski definition) is 5. The van der Waals surface area contributed by atoms with Crippen LogP contribution in [0.3, 0.4) is 0 Å². The van der Waals surface area contributed by atoms with E-state index in [9.17, 15) is 4.79 Å². The summed E-state index contributed by atoms with van der Waals surface area (Å²) in [7, 11) is 1.63. The number of amides is 1. The molecule has 2 aromatic carbocycles. The Labute approximate surface area is 151 Å². The number of nitrogen functional groups attached to an aromatic ring is 1. The van der Waals surface area contributed by atoms with Crippen LogP contribution in [0, 0.1) is 0 Å². The topological polar surface area (TPSA) is 90.1 Å². The van der Waals surface area contributed by atoms with Crippen molar-refractivity contribution in [3.8, 4) is 16.9 Å². The van der Waals surface area contributed by atoms with Gasteiger partial charge < -0.3 is 15.8 Å². The molecule has 1 saturated carbocycles. The Kier molecular flexibility index (Phi) is 4.16. The zero-order valence-electron chi connectivity index (χ0n) is 14.5. The number of nitrogens with two attached hydrogens (primary N) is 1. The van der Waals surface area contributed by atoms with Gasteiger partial charge in [-0.25, -0.2) is 0 Å². The molecule has 4 rings (SSSR count). The van der Waals surface area contributed by atoms with Gasteiger partial charge >= 0.3 is 0 Å². The molecular weight excluding hydrogens is 328 g/mol. The lowest BCUT2D eigenvalue weighted by molar-refractivity contribution is 0.0912. The molecule has 26 heavy (non-hydrogen) atoms. The molecule has 0 bridgehead atoms. The Hall–Kier alpha value is -3.15. The molecule has 1 aromatic heterocycles. The van der Waals surface area contributed by atoms with Crippen LogP contribution in [-0.2, 0) is 0 Å². The Morgan fingerprint density at radius 3 is 2.73 bits per heavy atom. The van der Waals surface area contributed by atoms with Gasteiger partial charge in [-0.3, -0.25) is 4.79 Å². The number of fused-ring (bicyclic) bond motifs is 1. The first-order valence-corrected chi connectivity index (χ1v) is 8.67. The number of methoxy groups -OCH3 is 1. The Morgan fingerprint density at radius 1 is 1.19 bits per heavy atom. The number of nitrogens with zero attached hydrogens (tertiary/aromatic N) is 2. The van der Waals surface area contributed by atoms with Crippen molar-refractivity contribution in [2.45, 2.75) is 25.3 Å². The number of aromatic nitrogens is 2. The monoisotopic (exact) mass is 348 g/mol. The van der Waals surface area contributed by atoms with E-state index < -0.39 is 0 Å².